The Bertz CT molecular complexity index is 571. The molecule has 0 aromatic carbocycles. The molecule has 0 spiro atoms. The smallest absolute Gasteiger partial charge is 0.422 e. The molecule has 1 fully saturated rings. The lowest BCUT2D eigenvalue weighted by molar-refractivity contribution is -0.154. The number of hydrogen-bond donors (Lipinski definition) is 2. The van der Waals surface area contributed by atoms with Crippen LogP contribution in [0.5, 0.6) is 5.88 Å². The maximum atomic E-state index is 12.1. The molecular formula is C18H28F3N5O. The van der Waals surface area contributed by atoms with Crippen LogP contribution in [0.1, 0.15) is 31.7 Å². The van der Waals surface area contributed by atoms with E-state index in [1.165, 1.54) is 31.5 Å². The van der Waals surface area contributed by atoms with Crippen molar-refractivity contribution >= 4 is 5.96 Å². The van der Waals surface area contributed by atoms with Gasteiger partial charge < -0.3 is 20.3 Å². The molecule has 6 nitrogen and oxygen atoms in total. The summed E-state index contributed by atoms with van der Waals surface area (Å²) in [4.78, 5) is 10.8. The molecule has 0 saturated carbocycles. The van der Waals surface area contributed by atoms with E-state index in [0.717, 1.165) is 38.3 Å². The molecule has 0 amide bonds. The SMILES string of the molecule is CCNC(=NCc1ccc(OCC(F)(F)F)nc1)NCCN1CCCCC1. The molecule has 27 heavy (non-hydrogen) atoms. The van der Waals surface area contributed by atoms with E-state index >= 15 is 0 Å². The second kappa shape index (κ2) is 11.0. The van der Waals surface area contributed by atoms with Gasteiger partial charge >= 0.3 is 6.18 Å². The molecule has 1 aromatic rings. The summed E-state index contributed by atoms with van der Waals surface area (Å²) in [5.74, 6) is 0.665. The van der Waals surface area contributed by atoms with Gasteiger partial charge in [-0.05, 0) is 38.4 Å². The van der Waals surface area contributed by atoms with E-state index in [4.69, 9.17) is 0 Å². The summed E-state index contributed by atoms with van der Waals surface area (Å²) in [5.41, 5.74) is 0.794. The Hall–Kier alpha value is -2.03. The molecule has 152 valence electrons. The minimum Gasteiger partial charge on any atom is -0.468 e. The highest BCUT2D eigenvalue weighted by Crippen LogP contribution is 2.17. The zero-order valence-corrected chi connectivity index (χ0v) is 15.7. The van der Waals surface area contributed by atoms with Crippen LogP contribution in [-0.2, 0) is 6.54 Å². The zero-order valence-electron chi connectivity index (χ0n) is 15.7. The molecule has 0 aliphatic carbocycles. The average Bonchev–Trinajstić information content (AvgIpc) is 2.65. The molecule has 1 aliphatic heterocycles. The summed E-state index contributed by atoms with van der Waals surface area (Å²) in [6, 6.07) is 3.09. The van der Waals surface area contributed by atoms with Crippen molar-refractivity contribution in [1.82, 2.24) is 20.5 Å². The molecule has 0 radical (unpaired) electrons. The third kappa shape index (κ3) is 8.94. The van der Waals surface area contributed by atoms with Gasteiger partial charge in [0.1, 0.15) is 0 Å². The first-order chi connectivity index (χ1) is 13.0. The van der Waals surface area contributed by atoms with Gasteiger partial charge in [-0.2, -0.15) is 13.2 Å². The Kier molecular flexibility index (Phi) is 8.63. The van der Waals surface area contributed by atoms with E-state index < -0.39 is 12.8 Å². The lowest BCUT2D eigenvalue weighted by Crippen LogP contribution is -2.42. The van der Waals surface area contributed by atoms with Gasteiger partial charge in [-0.15, -0.1) is 0 Å². The maximum absolute atomic E-state index is 12.1. The van der Waals surface area contributed by atoms with Crippen molar-refractivity contribution in [3.05, 3.63) is 23.9 Å². The number of rotatable bonds is 8. The minimum atomic E-state index is -4.37. The van der Waals surface area contributed by atoms with E-state index in [1.807, 2.05) is 6.92 Å². The zero-order chi connectivity index (χ0) is 19.5. The Morgan fingerprint density at radius 3 is 2.63 bits per heavy atom. The summed E-state index contributed by atoms with van der Waals surface area (Å²) < 4.78 is 41.0. The van der Waals surface area contributed by atoms with Gasteiger partial charge in [-0.25, -0.2) is 9.98 Å². The average molecular weight is 387 g/mol. The normalized spacial score (nSPS) is 16.2. The van der Waals surface area contributed by atoms with Crippen molar-refractivity contribution in [3.8, 4) is 5.88 Å². The predicted molar refractivity (Wildman–Crippen MR) is 98.9 cm³/mol. The molecule has 0 atom stereocenters. The summed E-state index contributed by atoms with van der Waals surface area (Å²) in [6.07, 6.45) is 0.966. The van der Waals surface area contributed by atoms with E-state index in [1.54, 1.807) is 6.07 Å². The van der Waals surface area contributed by atoms with Crippen LogP contribution in [0.15, 0.2) is 23.3 Å². The Labute approximate surface area is 158 Å². The molecule has 2 N–H and O–H groups in total. The van der Waals surface area contributed by atoms with Crippen molar-refractivity contribution in [2.75, 3.05) is 39.3 Å². The van der Waals surface area contributed by atoms with E-state index in [2.05, 4.69) is 30.2 Å². The fourth-order valence-corrected chi connectivity index (χ4v) is 2.77. The number of aromatic nitrogens is 1. The highest BCUT2D eigenvalue weighted by Gasteiger charge is 2.28. The molecule has 0 bridgehead atoms. The van der Waals surface area contributed by atoms with Crippen LogP contribution in [0.25, 0.3) is 0 Å². The number of halogens is 3. The number of aliphatic imine (C=N–C) groups is 1. The molecule has 1 saturated heterocycles. The lowest BCUT2D eigenvalue weighted by Gasteiger charge is -2.26. The number of nitrogens with one attached hydrogen (secondary N) is 2. The minimum absolute atomic E-state index is 0.0494. The first-order valence-corrected chi connectivity index (χ1v) is 9.35. The van der Waals surface area contributed by atoms with Crippen molar-refractivity contribution in [3.63, 3.8) is 0 Å². The fraction of sp³-hybridized carbons (Fsp3) is 0.667. The van der Waals surface area contributed by atoms with Crippen LogP contribution in [0.3, 0.4) is 0 Å². The lowest BCUT2D eigenvalue weighted by atomic mass is 10.1. The molecule has 1 aromatic heterocycles. The maximum Gasteiger partial charge on any atom is 0.422 e. The van der Waals surface area contributed by atoms with Crippen LogP contribution in [0.2, 0.25) is 0 Å². The second-order valence-electron chi connectivity index (χ2n) is 6.43. The standard InChI is InChI=1S/C18H28F3N5O/c1-2-22-17(23-8-11-26-9-4-3-5-10-26)25-13-15-6-7-16(24-12-15)27-14-18(19,20)21/h6-7,12H,2-5,8-11,13-14H2,1H3,(H2,22,23,25). The van der Waals surface area contributed by atoms with Crippen molar-refractivity contribution in [2.24, 2.45) is 4.99 Å². The highest BCUT2D eigenvalue weighted by atomic mass is 19.4. The quantitative estimate of drug-likeness (QED) is 0.530. The van der Waals surface area contributed by atoms with Crippen LogP contribution < -0.4 is 15.4 Å². The van der Waals surface area contributed by atoms with Gasteiger partial charge in [0.05, 0.1) is 6.54 Å². The summed E-state index contributed by atoms with van der Waals surface area (Å²) >= 11 is 0. The van der Waals surface area contributed by atoms with E-state index in [-0.39, 0.29) is 5.88 Å². The summed E-state index contributed by atoms with van der Waals surface area (Å²) in [5, 5.41) is 6.50. The van der Waals surface area contributed by atoms with Crippen molar-refractivity contribution < 1.29 is 17.9 Å². The topological polar surface area (TPSA) is 61.8 Å². The Morgan fingerprint density at radius 1 is 1.22 bits per heavy atom. The third-order valence-electron chi connectivity index (χ3n) is 4.11. The van der Waals surface area contributed by atoms with Gasteiger partial charge in [-0.3, -0.25) is 0 Å². The molecule has 1 aliphatic rings. The third-order valence-corrected chi connectivity index (χ3v) is 4.11. The Balaban J connectivity index is 1.78. The molecule has 0 unspecified atom stereocenters. The van der Waals surface area contributed by atoms with E-state index in [0.29, 0.717) is 12.5 Å². The molecule has 9 heteroatoms. The van der Waals surface area contributed by atoms with Gasteiger partial charge in [-0.1, -0.05) is 12.5 Å². The molecule has 2 rings (SSSR count). The van der Waals surface area contributed by atoms with E-state index in [9.17, 15) is 13.2 Å². The number of nitrogens with zero attached hydrogens (tertiary/aromatic N) is 3. The van der Waals surface area contributed by atoms with Gasteiger partial charge in [0.25, 0.3) is 0 Å². The molecule has 2 heterocycles. The fourth-order valence-electron chi connectivity index (χ4n) is 2.77. The number of piperidine rings is 1. The van der Waals surface area contributed by atoms with Gasteiger partial charge in [0, 0.05) is 31.9 Å². The Morgan fingerprint density at radius 2 is 2.00 bits per heavy atom. The second-order valence-corrected chi connectivity index (χ2v) is 6.43. The number of likely N-dealkylation sites (tertiary alicyclic amines) is 1. The van der Waals surface area contributed by atoms with Crippen LogP contribution >= 0.6 is 0 Å². The van der Waals surface area contributed by atoms with Gasteiger partial charge in [0.2, 0.25) is 5.88 Å². The summed E-state index contributed by atoms with van der Waals surface area (Å²) in [7, 11) is 0. The number of ether oxygens (including phenoxy) is 1. The van der Waals surface area contributed by atoms with Crippen LogP contribution in [0.4, 0.5) is 13.2 Å². The van der Waals surface area contributed by atoms with Gasteiger partial charge in [0.15, 0.2) is 12.6 Å². The number of alkyl halides is 3. The predicted octanol–water partition coefficient (Wildman–Crippen LogP) is 2.56. The van der Waals surface area contributed by atoms with Crippen LogP contribution in [0, 0.1) is 0 Å². The summed E-state index contributed by atoms with van der Waals surface area (Å²) in [6.45, 7) is 5.89. The highest BCUT2D eigenvalue weighted by molar-refractivity contribution is 5.79. The number of hydrogen-bond acceptors (Lipinski definition) is 4. The monoisotopic (exact) mass is 387 g/mol. The number of guanidine groups is 1. The van der Waals surface area contributed by atoms with Crippen LogP contribution in [-0.4, -0.2) is 61.4 Å². The molecular weight excluding hydrogens is 359 g/mol. The first kappa shape index (κ1) is 21.3. The largest absolute Gasteiger partial charge is 0.468 e. The van der Waals surface area contributed by atoms with Crippen molar-refractivity contribution in [1.29, 1.82) is 0 Å². The number of pyridine rings is 1. The van der Waals surface area contributed by atoms with Crippen molar-refractivity contribution in [2.45, 2.75) is 38.9 Å². The first-order valence-electron chi connectivity index (χ1n) is 9.35.